The molecule has 0 spiro atoms. The second kappa shape index (κ2) is 9.44. The van der Waals surface area contributed by atoms with Crippen LogP contribution in [0.1, 0.15) is 43.9 Å². The average molecular weight is 383 g/mol. The lowest BCUT2D eigenvalue weighted by atomic mass is 10.0. The van der Waals surface area contributed by atoms with Gasteiger partial charge in [0.1, 0.15) is 11.6 Å². The van der Waals surface area contributed by atoms with Gasteiger partial charge in [-0.25, -0.2) is 9.78 Å². The van der Waals surface area contributed by atoms with Gasteiger partial charge in [-0.2, -0.15) is 0 Å². The van der Waals surface area contributed by atoms with Crippen molar-refractivity contribution in [3.63, 3.8) is 0 Å². The minimum Gasteiger partial charge on any atom is -0.497 e. The van der Waals surface area contributed by atoms with Gasteiger partial charge in [-0.1, -0.05) is 18.2 Å². The summed E-state index contributed by atoms with van der Waals surface area (Å²) >= 11 is 0. The van der Waals surface area contributed by atoms with E-state index in [0.29, 0.717) is 12.5 Å². The predicted octanol–water partition coefficient (Wildman–Crippen LogP) is 3.89. The number of rotatable bonds is 9. The van der Waals surface area contributed by atoms with E-state index in [9.17, 15) is 4.79 Å². The molecule has 2 N–H and O–H groups in total. The van der Waals surface area contributed by atoms with Crippen molar-refractivity contribution in [2.45, 2.75) is 39.3 Å². The lowest BCUT2D eigenvalue weighted by molar-refractivity contribution is 0.235. The number of pyridine rings is 1. The largest absolute Gasteiger partial charge is 0.497 e. The van der Waals surface area contributed by atoms with Gasteiger partial charge in [0.2, 0.25) is 0 Å². The highest BCUT2D eigenvalue weighted by Gasteiger charge is 2.33. The number of carbonyl (C=O) groups excluding carboxylic acids is 1. The predicted molar refractivity (Wildman–Crippen MR) is 112 cm³/mol. The number of urea groups is 1. The van der Waals surface area contributed by atoms with E-state index in [0.717, 1.165) is 48.6 Å². The molecule has 6 nitrogen and oxygen atoms in total. The fourth-order valence-corrected chi connectivity index (χ4v) is 3.34. The van der Waals surface area contributed by atoms with Gasteiger partial charge in [0.15, 0.2) is 0 Å². The van der Waals surface area contributed by atoms with Crippen LogP contribution < -0.4 is 20.3 Å². The number of methoxy groups -OCH3 is 1. The van der Waals surface area contributed by atoms with E-state index in [4.69, 9.17) is 4.74 Å². The Bertz CT molecular complexity index is 753. The molecule has 1 saturated carbocycles. The zero-order valence-corrected chi connectivity index (χ0v) is 16.9. The highest BCUT2D eigenvalue weighted by atomic mass is 16.5. The molecule has 28 heavy (non-hydrogen) atoms. The molecule has 2 aromatic rings. The Hall–Kier alpha value is -2.76. The normalized spacial score (nSPS) is 14.2. The van der Waals surface area contributed by atoms with E-state index in [2.05, 4.69) is 34.4 Å². The van der Waals surface area contributed by atoms with Crippen molar-refractivity contribution in [3.8, 4) is 5.75 Å². The molecule has 2 amide bonds. The van der Waals surface area contributed by atoms with Crippen LogP contribution in [0.25, 0.3) is 0 Å². The maximum absolute atomic E-state index is 12.4. The molecule has 1 atom stereocenters. The Labute approximate surface area is 167 Å². The van der Waals surface area contributed by atoms with Crippen molar-refractivity contribution >= 4 is 11.8 Å². The molecular weight excluding hydrogens is 352 g/mol. The number of benzene rings is 1. The number of carbonyl (C=O) groups is 1. The maximum Gasteiger partial charge on any atom is 0.315 e. The Kier molecular flexibility index (Phi) is 6.74. The smallest absolute Gasteiger partial charge is 0.315 e. The molecule has 1 aliphatic carbocycles. The Morgan fingerprint density at radius 3 is 2.43 bits per heavy atom. The number of nitrogens with zero attached hydrogens (tertiary/aromatic N) is 2. The minimum atomic E-state index is -0.152. The Morgan fingerprint density at radius 1 is 1.18 bits per heavy atom. The third-order valence-electron chi connectivity index (χ3n) is 5.20. The molecule has 3 rings (SSSR count). The lowest BCUT2D eigenvalue weighted by Crippen LogP contribution is -2.38. The molecule has 1 heterocycles. The number of hydrogen-bond acceptors (Lipinski definition) is 4. The van der Waals surface area contributed by atoms with Crippen LogP contribution in [0.5, 0.6) is 5.75 Å². The third kappa shape index (κ3) is 5.15. The summed E-state index contributed by atoms with van der Waals surface area (Å²) in [6.45, 7) is 6.54. The minimum absolute atomic E-state index is 0.0362. The highest BCUT2D eigenvalue weighted by Crippen LogP contribution is 2.41. The Balaban J connectivity index is 1.55. The van der Waals surface area contributed by atoms with Crippen molar-refractivity contribution in [1.29, 1.82) is 0 Å². The number of ether oxygens (including phenoxy) is 1. The lowest BCUT2D eigenvalue weighted by Gasteiger charge is -2.20. The first-order valence-electron chi connectivity index (χ1n) is 10.0. The van der Waals surface area contributed by atoms with Gasteiger partial charge in [-0.3, -0.25) is 0 Å². The van der Waals surface area contributed by atoms with Crippen LogP contribution >= 0.6 is 0 Å². The van der Waals surface area contributed by atoms with Gasteiger partial charge in [0.05, 0.1) is 13.2 Å². The van der Waals surface area contributed by atoms with Crippen LogP contribution in [-0.4, -0.2) is 31.2 Å². The van der Waals surface area contributed by atoms with Crippen LogP contribution in [0.15, 0.2) is 42.6 Å². The van der Waals surface area contributed by atoms with Crippen molar-refractivity contribution in [2.24, 2.45) is 5.92 Å². The van der Waals surface area contributed by atoms with Gasteiger partial charge < -0.3 is 20.3 Å². The fraction of sp³-hybridized carbons (Fsp3) is 0.455. The summed E-state index contributed by atoms with van der Waals surface area (Å²) in [6, 6.07) is 11.8. The summed E-state index contributed by atoms with van der Waals surface area (Å²) in [6.07, 6.45) is 4.12. The van der Waals surface area contributed by atoms with E-state index in [1.54, 1.807) is 7.11 Å². The first-order valence-corrected chi connectivity index (χ1v) is 10.0. The van der Waals surface area contributed by atoms with E-state index >= 15 is 0 Å². The van der Waals surface area contributed by atoms with Gasteiger partial charge in [-0.05, 0) is 61.9 Å². The van der Waals surface area contributed by atoms with Crippen LogP contribution in [-0.2, 0) is 6.54 Å². The van der Waals surface area contributed by atoms with Gasteiger partial charge in [0, 0.05) is 25.8 Å². The zero-order chi connectivity index (χ0) is 19.9. The average Bonchev–Trinajstić information content (AvgIpc) is 3.57. The van der Waals surface area contributed by atoms with Crippen LogP contribution in [0.3, 0.4) is 0 Å². The quantitative estimate of drug-likeness (QED) is 0.691. The molecule has 150 valence electrons. The summed E-state index contributed by atoms with van der Waals surface area (Å²) in [5.74, 6) is 2.30. The monoisotopic (exact) mass is 382 g/mol. The van der Waals surface area contributed by atoms with E-state index in [1.807, 2.05) is 42.6 Å². The molecule has 1 fully saturated rings. The number of nitrogens with one attached hydrogen (secondary N) is 2. The van der Waals surface area contributed by atoms with Crippen LogP contribution in [0.2, 0.25) is 0 Å². The molecule has 1 aromatic heterocycles. The van der Waals surface area contributed by atoms with E-state index in [1.165, 1.54) is 0 Å². The second-order valence-electron chi connectivity index (χ2n) is 7.11. The van der Waals surface area contributed by atoms with Gasteiger partial charge in [0.25, 0.3) is 0 Å². The van der Waals surface area contributed by atoms with Gasteiger partial charge >= 0.3 is 6.03 Å². The molecule has 0 aliphatic heterocycles. The van der Waals surface area contributed by atoms with Crippen molar-refractivity contribution in [2.75, 3.05) is 25.1 Å². The van der Waals surface area contributed by atoms with Crippen molar-refractivity contribution in [3.05, 3.63) is 53.7 Å². The number of aromatic nitrogens is 1. The summed E-state index contributed by atoms with van der Waals surface area (Å²) in [5, 5.41) is 6.08. The first kappa shape index (κ1) is 20.0. The second-order valence-corrected chi connectivity index (χ2v) is 7.11. The third-order valence-corrected chi connectivity index (χ3v) is 5.20. The van der Waals surface area contributed by atoms with E-state index < -0.39 is 0 Å². The van der Waals surface area contributed by atoms with Crippen molar-refractivity contribution in [1.82, 2.24) is 15.6 Å². The molecule has 1 aliphatic rings. The number of amides is 2. The molecule has 0 bridgehead atoms. The zero-order valence-electron chi connectivity index (χ0n) is 16.9. The fourth-order valence-electron chi connectivity index (χ4n) is 3.34. The molecular formula is C22H30N4O2. The molecule has 1 unspecified atom stereocenters. The number of hydrogen-bond donors (Lipinski definition) is 2. The van der Waals surface area contributed by atoms with Crippen LogP contribution in [0, 0.1) is 5.92 Å². The Morgan fingerprint density at radius 2 is 1.89 bits per heavy atom. The highest BCUT2D eigenvalue weighted by molar-refractivity contribution is 5.74. The first-order chi connectivity index (χ1) is 13.6. The molecule has 6 heteroatoms. The van der Waals surface area contributed by atoms with Crippen LogP contribution in [0.4, 0.5) is 10.6 Å². The van der Waals surface area contributed by atoms with Gasteiger partial charge in [-0.15, -0.1) is 0 Å². The van der Waals surface area contributed by atoms with E-state index in [-0.39, 0.29) is 12.1 Å². The molecule has 0 saturated heterocycles. The molecule has 1 aromatic carbocycles. The summed E-state index contributed by atoms with van der Waals surface area (Å²) in [7, 11) is 1.66. The summed E-state index contributed by atoms with van der Waals surface area (Å²) in [5.41, 5.74) is 2.10. The SMILES string of the molecule is CCN(CC)c1ccc(CNC(=O)NC(c2ccc(OC)cc2)C2CC2)cn1. The topological polar surface area (TPSA) is 66.5 Å². The van der Waals surface area contributed by atoms with Crippen molar-refractivity contribution < 1.29 is 9.53 Å². The standard InChI is InChI=1S/C22H30N4O2/c1-4-26(5-2)20-13-6-16(14-23-20)15-24-22(27)25-21(17-7-8-17)18-9-11-19(28-3)12-10-18/h6,9-14,17,21H,4-5,7-8,15H2,1-3H3,(H2,24,25,27). The summed E-state index contributed by atoms with van der Waals surface area (Å²) < 4.78 is 5.22. The maximum atomic E-state index is 12.4. The molecule has 0 radical (unpaired) electrons. The summed E-state index contributed by atoms with van der Waals surface area (Å²) in [4.78, 5) is 19.1. The number of anilines is 1.